The van der Waals surface area contributed by atoms with E-state index in [1.807, 2.05) is 13.0 Å². The van der Waals surface area contributed by atoms with E-state index in [0.717, 1.165) is 35.1 Å². The molecule has 2 rings (SSSR count). The van der Waals surface area contributed by atoms with Crippen molar-refractivity contribution < 1.29 is 8.81 Å². The average molecular weight is 221 g/mol. The monoisotopic (exact) mass is 221 g/mol. The molecule has 1 aromatic heterocycles. The minimum atomic E-state index is -0.235. The van der Waals surface area contributed by atoms with Gasteiger partial charge in [0.2, 0.25) is 0 Å². The van der Waals surface area contributed by atoms with Crippen LogP contribution in [0.4, 0.5) is 4.39 Å². The summed E-state index contributed by atoms with van der Waals surface area (Å²) in [6.07, 6.45) is 1.88. The fourth-order valence-corrected chi connectivity index (χ4v) is 1.94. The maximum absolute atomic E-state index is 13.2. The van der Waals surface area contributed by atoms with Crippen LogP contribution in [0.5, 0.6) is 0 Å². The molecule has 0 radical (unpaired) electrons. The quantitative estimate of drug-likeness (QED) is 0.858. The molecule has 0 bridgehead atoms. The predicted molar refractivity (Wildman–Crippen MR) is 62.7 cm³/mol. The Kier molecular flexibility index (Phi) is 2.97. The smallest absolute Gasteiger partial charge is 0.137 e. The van der Waals surface area contributed by atoms with E-state index in [0.29, 0.717) is 0 Å². The van der Waals surface area contributed by atoms with Crippen molar-refractivity contribution in [3.63, 3.8) is 0 Å². The zero-order valence-corrected chi connectivity index (χ0v) is 9.59. The number of hydrogen-bond donors (Lipinski definition) is 1. The van der Waals surface area contributed by atoms with Gasteiger partial charge in [-0.2, -0.15) is 0 Å². The van der Waals surface area contributed by atoms with Crippen LogP contribution in [-0.4, -0.2) is 0 Å². The van der Waals surface area contributed by atoms with E-state index in [9.17, 15) is 4.39 Å². The lowest BCUT2D eigenvalue weighted by Crippen LogP contribution is -2.08. The van der Waals surface area contributed by atoms with Gasteiger partial charge in [-0.3, -0.25) is 0 Å². The second-order valence-corrected chi connectivity index (χ2v) is 4.18. The molecule has 86 valence electrons. The molecule has 3 heteroatoms. The Morgan fingerprint density at radius 3 is 2.81 bits per heavy atom. The van der Waals surface area contributed by atoms with Crippen LogP contribution in [0, 0.1) is 12.7 Å². The zero-order chi connectivity index (χ0) is 11.7. The van der Waals surface area contributed by atoms with Gasteiger partial charge in [0.05, 0.1) is 6.04 Å². The number of hydrogen-bond acceptors (Lipinski definition) is 2. The molecule has 0 aliphatic rings. The molecule has 2 aromatic rings. The van der Waals surface area contributed by atoms with Gasteiger partial charge in [0.25, 0.3) is 0 Å². The lowest BCUT2D eigenvalue weighted by Gasteiger charge is -2.05. The van der Waals surface area contributed by atoms with Crippen molar-refractivity contribution in [2.75, 3.05) is 0 Å². The molecule has 1 atom stereocenters. The molecule has 0 aliphatic carbocycles. The SMILES string of the molecule is CCCC(N)c1cc2cc(F)cc(C)c2o1. The molecule has 0 aliphatic heterocycles. The number of benzene rings is 1. The van der Waals surface area contributed by atoms with Gasteiger partial charge in [0, 0.05) is 5.39 Å². The van der Waals surface area contributed by atoms with Crippen LogP contribution in [0.15, 0.2) is 22.6 Å². The fourth-order valence-electron chi connectivity index (χ4n) is 1.94. The summed E-state index contributed by atoms with van der Waals surface area (Å²) in [5.41, 5.74) is 7.52. The van der Waals surface area contributed by atoms with E-state index < -0.39 is 0 Å². The van der Waals surface area contributed by atoms with E-state index >= 15 is 0 Å². The average Bonchev–Trinajstić information content (AvgIpc) is 2.62. The van der Waals surface area contributed by atoms with Crippen LogP contribution >= 0.6 is 0 Å². The van der Waals surface area contributed by atoms with Gasteiger partial charge < -0.3 is 10.2 Å². The van der Waals surface area contributed by atoms with Crippen LogP contribution in [0.1, 0.15) is 37.1 Å². The Morgan fingerprint density at radius 1 is 1.38 bits per heavy atom. The molecule has 2 N–H and O–H groups in total. The Labute approximate surface area is 94.2 Å². The summed E-state index contributed by atoms with van der Waals surface area (Å²) < 4.78 is 18.9. The Morgan fingerprint density at radius 2 is 2.12 bits per heavy atom. The highest BCUT2D eigenvalue weighted by Crippen LogP contribution is 2.28. The minimum absolute atomic E-state index is 0.0974. The second kappa shape index (κ2) is 4.26. The predicted octanol–water partition coefficient (Wildman–Crippen LogP) is 3.68. The molecule has 1 heterocycles. The van der Waals surface area contributed by atoms with Crippen molar-refractivity contribution in [2.45, 2.75) is 32.7 Å². The van der Waals surface area contributed by atoms with Crippen LogP contribution in [0.3, 0.4) is 0 Å². The van der Waals surface area contributed by atoms with E-state index in [-0.39, 0.29) is 11.9 Å². The van der Waals surface area contributed by atoms with E-state index in [2.05, 4.69) is 6.92 Å². The summed E-state index contributed by atoms with van der Waals surface area (Å²) in [6, 6.07) is 4.70. The molecular formula is C13H16FNO. The lowest BCUT2D eigenvalue weighted by molar-refractivity contribution is 0.474. The number of furan rings is 1. The summed E-state index contributed by atoms with van der Waals surface area (Å²) >= 11 is 0. The third-order valence-corrected chi connectivity index (χ3v) is 2.75. The topological polar surface area (TPSA) is 39.2 Å². The van der Waals surface area contributed by atoms with Crippen molar-refractivity contribution in [1.29, 1.82) is 0 Å². The first kappa shape index (κ1) is 11.1. The molecule has 0 saturated heterocycles. The first-order valence-corrected chi connectivity index (χ1v) is 5.57. The number of fused-ring (bicyclic) bond motifs is 1. The van der Waals surface area contributed by atoms with E-state index in [1.165, 1.54) is 12.1 Å². The molecule has 0 spiro atoms. The Bertz CT molecular complexity index is 504. The summed E-state index contributed by atoms with van der Waals surface area (Å²) in [7, 11) is 0. The normalized spacial score (nSPS) is 13.2. The highest BCUT2D eigenvalue weighted by atomic mass is 19.1. The van der Waals surface area contributed by atoms with Gasteiger partial charge in [0.15, 0.2) is 0 Å². The molecule has 1 aromatic carbocycles. The van der Waals surface area contributed by atoms with Gasteiger partial charge in [-0.25, -0.2) is 4.39 Å². The maximum atomic E-state index is 13.2. The number of halogens is 1. The molecule has 0 fully saturated rings. The van der Waals surface area contributed by atoms with Gasteiger partial charge >= 0.3 is 0 Å². The fraction of sp³-hybridized carbons (Fsp3) is 0.385. The zero-order valence-electron chi connectivity index (χ0n) is 9.59. The van der Waals surface area contributed by atoms with Crippen LogP contribution in [0.2, 0.25) is 0 Å². The number of rotatable bonds is 3. The van der Waals surface area contributed by atoms with Crippen LogP contribution in [-0.2, 0) is 0 Å². The molecule has 2 nitrogen and oxygen atoms in total. The van der Waals surface area contributed by atoms with Crippen molar-refractivity contribution in [3.05, 3.63) is 35.3 Å². The van der Waals surface area contributed by atoms with Crippen molar-refractivity contribution in [1.82, 2.24) is 0 Å². The summed E-state index contributed by atoms with van der Waals surface area (Å²) in [5.74, 6) is 0.506. The second-order valence-electron chi connectivity index (χ2n) is 4.18. The third kappa shape index (κ3) is 1.95. The molecule has 0 saturated carbocycles. The molecule has 1 unspecified atom stereocenters. The van der Waals surface area contributed by atoms with Crippen molar-refractivity contribution >= 4 is 11.0 Å². The molecule has 0 amide bonds. The first-order chi connectivity index (χ1) is 7.61. The Balaban J connectivity index is 2.47. The van der Waals surface area contributed by atoms with Crippen molar-refractivity contribution in [2.24, 2.45) is 5.73 Å². The van der Waals surface area contributed by atoms with Crippen LogP contribution in [0.25, 0.3) is 11.0 Å². The summed E-state index contributed by atoms with van der Waals surface area (Å²) in [6.45, 7) is 3.91. The summed E-state index contributed by atoms with van der Waals surface area (Å²) in [5, 5.41) is 0.791. The van der Waals surface area contributed by atoms with Crippen LogP contribution < -0.4 is 5.73 Å². The largest absolute Gasteiger partial charge is 0.459 e. The van der Waals surface area contributed by atoms with Crippen molar-refractivity contribution in [3.8, 4) is 0 Å². The van der Waals surface area contributed by atoms with Gasteiger partial charge in [0.1, 0.15) is 17.2 Å². The highest BCUT2D eigenvalue weighted by molar-refractivity contribution is 5.81. The van der Waals surface area contributed by atoms with E-state index in [1.54, 1.807) is 0 Å². The van der Waals surface area contributed by atoms with E-state index in [4.69, 9.17) is 10.2 Å². The summed E-state index contributed by atoms with van der Waals surface area (Å²) in [4.78, 5) is 0. The third-order valence-electron chi connectivity index (χ3n) is 2.75. The number of nitrogens with two attached hydrogens (primary N) is 1. The van der Waals surface area contributed by atoms with Gasteiger partial charge in [-0.05, 0) is 37.1 Å². The lowest BCUT2D eigenvalue weighted by atomic mass is 10.1. The standard InChI is InChI=1S/C13H16FNO/c1-3-4-11(15)12-7-9-6-10(14)5-8(2)13(9)16-12/h5-7,11H,3-4,15H2,1-2H3. The van der Waals surface area contributed by atoms with Gasteiger partial charge in [-0.15, -0.1) is 0 Å². The number of aryl methyl sites for hydroxylation is 1. The molecular weight excluding hydrogens is 205 g/mol. The highest BCUT2D eigenvalue weighted by Gasteiger charge is 2.13. The first-order valence-electron chi connectivity index (χ1n) is 5.57. The Hall–Kier alpha value is -1.35. The molecule has 16 heavy (non-hydrogen) atoms. The maximum Gasteiger partial charge on any atom is 0.137 e. The minimum Gasteiger partial charge on any atom is -0.459 e. The van der Waals surface area contributed by atoms with Gasteiger partial charge in [-0.1, -0.05) is 13.3 Å².